The van der Waals surface area contributed by atoms with Crippen LogP contribution in [0, 0.1) is 0 Å². The highest BCUT2D eigenvalue weighted by Crippen LogP contribution is 2.15. The maximum absolute atomic E-state index is 12.9. The Balaban J connectivity index is 1.26. The molecule has 0 aliphatic carbocycles. The number of carbonyl (C=O) groups is 1. The van der Waals surface area contributed by atoms with Crippen molar-refractivity contribution < 1.29 is 9.53 Å². The van der Waals surface area contributed by atoms with E-state index in [-0.39, 0.29) is 17.6 Å². The van der Waals surface area contributed by atoms with Crippen LogP contribution < -0.4 is 15.7 Å². The van der Waals surface area contributed by atoms with E-state index >= 15 is 0 Å². The lowest BCUT2D eigenvalue weighted by Gasteiger charge is -2.15. The number of aromatic nitrogens is 5. The maximum Gasteiger partial charge on any atom is 0.346 e. The fourth-order valence-electron chi connectivity index (χ4n) is 4.12. The van der Waals surface area contributed by atoms with Crippen LogP contribution in [0.15, 0.2) is 59.7 Å². The summed E-state index contributed by atoms with van der Waals surface area (Å²) in [6, 6.07) is 13.2. The van der Waals surface area contributed by atoms with Gasteiger partial charge < -0.3 is 14.5 Å². The maximum atomic E-state index is 12.9. The first-order valence-electron chi connectivity index (χ1n) is 10.6. The van der Waals surface area contributed by atoms with Crippen LogP contribution in [-0.2, 0) is 19.5 Å². The molecule has 9 heteroatoms. The molecule has 9 nitrogen and oxygen atoms in total. The van der Waals surface area contributed by atoms with E-state index < -0.39 is 0 Å². The lowest BCUT2D eigenvalue weighted by atomic mass is 10.1. The average Bonchev–Trinajstić information content (AvgIpc) is 3.30. The summed E-state index contributed by atoms with van der Waals surface area (Å²) in [6.45, 7) is 0.909. The van der Waals surface area contributed by atoms with E-state index in [1.54, 1.807) is 17.9 Å². The van der Waals surface area contributed by atoms with Crippen molar-refractivity contribution in [1.82, 2.24) is 29.0 Å². The fraction of sp³-hybridized carbons (Fsp3) is 0.304. The number of rotatable bonds is 5. The Morgan fingerprint density at radius 2 is 2.12 bits per heavy atom. The van der Waals surface area contributed by atoms with Crippen molar-refractivity contribution in [3.63, 3.8) is 0 Å². The number of benzene rings is 1. The molecule has 4 heterocycles. The van der Waals surface area contributed by atoms with Gasteiger partial charge in [-0.25, -0.2) is 14.5 Å². The first-order valence-corrected chi connectivity index (χ1v) is 10.6. The number of imidazole rings is 1. The molecule has 1 unspecified atom stereocenters. The summed E-state index contributed by atoms with van der Waals surface area (Å²) in [7, 11) is 1.62. The third-order valence-corrected chi connectivity index (χ3v) is 5.82. The first-order chi connectivity index (χ1) is 15.6. The summed E-state index contributed by atoms with van der Waals surface area (Å²) in [5.41, 5.74) is 1.95. The van der Waals surface area contributed by atoms with Gasteiger partial charge in [0, 0.05) is 31.4 Å². The number of fused-ring (bicyclic) bond motifs is 2. The van der Waals surface area contributed by atoms with E-state index in [0.29, 0.717) is 38.0 Å². The molecule has 1 aliphatic heterocycles. The van der Waals surface area contributed by atoms with E-state index in [4.69, 9.17) is 4.74 Å². The Hall–Kier alpha value is -3.88. The van der Waals surface area contributed by atoms with Gasteiger partial charge >= 0.3 is 5.69 Å². The quantitative estimate of drug-likeness (QED) is 0.520. The monoisotopic (exact) mass is 432 g/mol. The lowest BCUT2D eigenvalue weighted by molar-refractivity contribution is 0.0928. The molecule has 0 bridgehead atoms. The number of ether oxygens (including phenoxy) is 1. The van der Waals surface area contributed by atoms with Crippen LogP contribution in [0.1, 0.15) is 34.7 Å². The minimum Gasteiger partial charge on any atom is -0.497 e. The van der Waals surface area contributed by atoms with Crippen molar-refractivity contribution in [3.8, 4) is 5.75 Å². The number of carbonyl (C=O) groups excluding carboxylic acids is 1. The molecule has 0 saturated carbocycles. The van der Waals surface area contributed by atoms with Crippen molar-refractivity contribution in [2.24, 2.45) is 0 Å². The predicted octanol–water partition coefficient (Wildman–Crippen LogP) is 1.88. The summed E-state index contributed by atoms with van der Waals surface area (Å²) >= 11 is 0. The highest BCUT2D eigenvalue weighted by molar-refractivity contribution is 5.93. The second kappa shape index (κ2) is 8.33. The fourth-order valence-corrected chi connectivity index (χ4v) is 4.12. The predicted molar refractivity (Wildman–Crippen MR) is 118 cm³/mol. The van der Waals surface area contributed by atoms with Gasteiger partial charge in [0.15, 0.2) is 0 Å². The second-order valence-electron chi connectivity index (χ2n) is 7.95. The molecule has 0 radical (unpaired) electrons. The van der Waals surface area contributed by atoms with E-state index in [0.717, 1.165) is 22.8 Å². The highest BCUT2D eigenvalue weighted by atomic mass is 16.5. The highest BCUT2D eigenvalue weighted by Gasteiger charge is 2.23. The summed E-state index contributed by atoms with van der Waals surface area (Å²) < 4.78 is 10.3. The number of nitrogens with one attached hydrogen (secondary N) is 1. The van der Waals surface area contributed by atoms with Crippen LogP contribution in [0.4, 0.5) is 0 Å². The van der Waals surface area contributed by atoms with Gasteiger partial charge in [0.1, 0.15) is 22.9 Å². The minimum absolute atomic E-state index is 0.0414. The Kier molecular flexibility index (Phi) is 5.22. The molecular weight excluding hydrogens is 408 g/mol. The number of pyridine rings is 1. The zero-order valence-electron chi connectivity index (χ0n) is 17.8. The molecule has 0 fully saturated rings. The van der Waals surface area contributed by atoms with Crippen LogP contribution in [0.3, 0.4) is 0 Å². The van der Waals surface area contributed by atoms with E-state index in [1.807, 2.05) is 53.1 Å². The van der Waals surface area contributed by atoms with E-state index in [1.165, 1.54) is 4.68 Å². The Bertz CT molecular complexity index is 1300. The molecular formula is C23H24N6O3. The van der Waals surface area contributed by atoms with Crippen LogP contribution >= 0.6 is 0 Å². The summed E-state index contributed by atoms with van der Waals surface area (Å²) in [5, 5.41) is 7.63. The van der Waals surface area contributed by atoms with Crippen molar-refractivity contribution in [3.05, 3.63) is 82.4 Å². The molecule has 0 saturated heterocycles. The molecule has 1 N–H and O–H groups in total. The smallest absolute Gasteiger partial charge is 0.346 e. The largest absolute Gasteiger partial charge is 0.497 e. The lowest BCUT2D eigenvalue weighted by Crippen LogP contribution is -2.36. The SMILES string of the molecule is COc1cccc(Cn2nc3n(c2=O)CCC(NC(=O)c2cn4ccccc4n2)CC3)c1. The molecule has 5 rings (SSSR count). The van der Waals surface area contributed by atoms with Gasteiger partial charge in [-0.2, -0.15) is 5.10 Å². The summed E-state index contributed by atoms with van der Waals surface area (Å²) in [4.78, 5) is 30.0. The molecule has 1 amide bonds. The standard InChI is InChI=1S/C23H24N6O3/c1-32-18-6-4-5-16(13-18)14-29-23(31)28-12-10-17(8-9-21(28)26-29)24-22(30)19-15-27-11-3-2-7-20(27)25-19/h2-7,11,13,15,17H,8-10,12,14H2,1H3,(H,24,30). The number of nitrogens with zero attached hydrogens (tertiary/aromatic N) is 5. The van der Waals surface area contributed by atoms with Crippen LogP contribution in [-0.4, -0.2) is 42.8 Å². The Labute approximate surface area is 184 Å². The topological polar surface area (TPSA) is 95.5 Å². The van der Waals surface area contributed by atoms with Crippen molar-refractivity contribution in [2.45, 2.75) is 38.4 Å². The molecule has 4 aromatic rings. The number of hydrogen-bond donors (Lipinski definition) is 1. The van der Waals surface area contributed by atoms with Crippen LogP contribution in [0.25, 0.3) is 5.65 Å². The Morgan fingerprint density at radius 3 is 2.97 bits per heavy atom. The van der Waals surface area contributed by atoms with Gasteiger partial charge in [0.05, 0.1) is 13.7 Å². The Morgan fingerprint density at radius 1 is 1.22 bits per heavy atom. The van der Waals surface area contributed by atoms with Crippen LogP contribution in [0.5, 0.6) is 5.75 Å². The van der Waals surface area contributed by atoms with Crippen molar-refractivity contribution in [1.29, 1.82) is 0 Å². The third kappa shape index (κ3) is 3.89. The molecule has 1 aromatic carbocycles. The van der Waals surface area contributed by atoms with Crippen LogP contribution in [0.2, 0.25) is 0 Å². The van der Waals surface area contributed by atoms with E-state index in [2.05, 4.69) is 15.4 Å². The molecule has 164 valence electrons. The summed E-state index contributed by atoms with van der Waals surface area (Å²) in [6.07, 6.45) is 5.59. The molecule has 1 atom stereocenters. The van der Waals surface area contributed by atoms with E-state index in [9.17, 15) is 9.59 Å². The normalized spacial score (nSPS) is 15.8. The number of aryl methyl sites for hydroxylation is 1. The first kappa shape index (κ1) is 20.0. The molecule has 3 aromatic heterocycles. The van der Waals surface area contributed by atoms with Crippen molar-refractivity contribution in [2.75, 3.05) is 7.11 Å². The summed E-state index contributed by atoms with van der Waals surface area (Å²) in [5.74, 6) is 1.30. The van der Waals surface area contributed by atoms with Crippen molar-refractivity contribution >= 4 is 11.6 Å². The third-order valence-electron chi connectivity index (χ3n) is 5.82. The minimum atomic E-state index is -0.200. The van der Waals surface area contributed by atoms with Gasteiger partial charge in [-0.15, -0.1) is 0 Å². The van der Waals surface area contributed by atoms with Gasteiger partial charge in [-0.05, 0) is 42.7 Å². The molecule has 32 heavy (non-hydrogen) atoms. The van der Waals surface area contributed by atoms with Gasteiger partial charge in [-0.3, -0.25) is 9.36 Å². The second-order valence-corrected chi connectivity index (χ2v) is 7.95. The number of hydrogen-bond acceptors (Lipinski definition) is 5. The van der Waals surface area contributed by atoms with Gasteiger partial charge in [-0.1, -0.05) is 18.2 Å². The molecule has 0 spiro atoms. The number of amides is 1. The molecule has 1 aliphatic rings. The van der Waals surface area contributed by atoms with Gasteiger partial charge in [0.2, 0.25) is 0 Å². The number of methoxy groups -OCH3 is 1. The average molecular weight is 432 g/mol. The zero-order valence-corrected chi connectivity index (χ0v) is 17.8. The van der Waals surface area contributed by atoms with Gasteiger partial charge in [0.25, 0.3) is 5.91 Å². The zero-order chi connectivity index (χ0) is 22.1.